The lowest BCUT2D eigenvalue weighted by atomic mass is 9.73. The lowest BCUT2D eigenvalue weighted by Gasteiger charge is -2.40. The molecule has 35 heavy (non-hydrogen) atoms. The summed E-state index contributed by atoms with van der Waals surface area (Å²) >= 11 is 1.60. The molecular weight excluding hydrogens is 454 g/mol. The fraction of sp³-hybridized carbons (Fsp3) is 0.690. The first-order valence-corrected chi connectivity index (χ1v) is 14.8. The minimum atomic E-state index is -0.270. The van der Waals surface area contributed by atoms with Gasteiger partial charge in [0.15, 0.2) is 0 Å². The van der Waals surface area contributed by atoms with Crippen LogP contribution in [-0.2, 0) is 9.59 Å². The highest BCUT2D eigenvalue weighted by Gasteiger charge is 2.61. The van der Waals surface area contributed by atoms with E-state index in [-0.39, 0.29) is 17.8 Å². The highest BCUT2D eigenvalue weighted by Crippen LogP contribution is 2.58. The zero-order valence-corrected chi connectivity index (χ0v) is 21.4. The number of fused-ring (bicyclic) bond motifs is 6. The van der Waals surface area contributed by atoms with Crippen molar-refractivity contribution in [3.63, 3.8) is 0 Å². The van der Waals surface area contributed by atoms with Gasteiger partial charge in [0.25, 0.3) is 0 Å². The first-order valence-electron chi connectivity index (χ1n) is 14.1. The monoisotopic (exact) mass is 491 g/mol. The Labute approximate surface area is 212 Å². The Balaban J connectivity index is 0.986. The number of Topliss-reactive ketones (excluding diaryl/α,β-unsaturated/α-hetero) is 2. The Hall–Kier alpha value is -1.79. The second kappa shape index (κ2) is 8.95. The van der Waals surface area contributed by atoms with E-state index < -0.39 is 0 Å². The van der Waals surface area contributed by atoms with Crippen molar-refractivity contribution in [1.82, 2.24) is 9.27 Å². The number of carbonyl (C=O) groups is 2. The Kier molecular flexibility index (Phi) is 5.73. The molecule has 6 heteroatoms. The molecule has 7 rings (SSSR count). The molecule has 0 N–H and O–H groups in total. The van der Waals surface area contributed by atoms with E-state index >= 15 is 0 Å². The third-order valence-corrected chi connectivity index (χ3v) is 11.2. The number of ketones is 2. The summed E-state index contributed by atoms with van der Waals surface area (Å²) in [5.41, 5.74) is 0. The first kappa shape index (κ1) is 22.4. The summed E-state index contributed by atoms with van der Waals surface area (Å²) in [6.45, 7) is 5.32. The third-order valence-electron chi connectivity index (χ3n) is 10.4. The van der Waals surface area contributed by atoms with Crippen molar-refractivity contribution in [2.45, 2.75) is 51.4 Å². The van der Waals surface area contributed by atoms with Gasteiger partial charge in [-0.2, -0.15) is 4.37 Å². The molecular formula is C29H37N3O2S. The van der Waals surface area contributed by atoms with Crippen molar-refractivity contribution in [2.24, 2.45) is 41.4 Å². The van der Waals surface area contributed by atoms with Gasteiger partial charge in [0.05, 0.1) is 10.6 Å². The topological polar surface area (TPSA) is 53.5 Å². The van der Waals surface area contributed by atoms with Gasteiger partial charge in [-0.3, -0.25) is 14.5 Å². The van der Waals surface area contributed by atoms with Crippen LogP contribution in [0.5, 0.6) is 0 Å². The summed E-state index contributed by atoms with van der Waals surface area (Å²) < 4.78 is 6.03. The van der Waals surface area contributed by atoms with Crippen LogP contribution in [0.2, 0.25) is 0 Å². The Bertz CT molecular complexity index is 1090. The molecule has 0 amide bonds. The standard InChI is InChI=1S/C29H37N3O2S/c33-27-23(28(34)26-20-10-9-19(15-20)25(26)27)16-18-5-1-2-6-21(18)17-31-11-13-32(14-12-31)29-22-7-3-4-8-24(22)35-30-29/h3-4,7-8,18-21,23,25-26H,1-2,5-6,9-17H2/t18-,19-,20+,21-,23?,25+,26-/m0/s1. The number of hydrogen-bond acceptors (Lipinski definition) is 6. The fourth-order valence-electron chi connectivity index (χ4n) is 8.66. The number of benzene rings is 1. The van der Waals surface area contributed by atoms with Crippen LogP contribution in [0, 0.1) is 41.4 Å². The predicted molar refractivity (Wildman–Crippen MR) is 140 cm³/mol. The van der Waals surface area contributed by atoms with Crippen molar-refractivity contribution in [1.29, 1.82) is 0 Å². The van der Waals surface area contributed by atoms with Crippen molar-refractivity contribution in [3.8, 4) is 0 Å². The Morgan fingerprint density at radius 2 is 1.54 bits per heavy atom. The lowest BCUT2D eigenvalue weighted by Crippen LogP contribution is -2.49. The average molecular weight is 492 g/mol. The molecule has 4 saturated carbocycles. The second-order valence-corrected chi connectivity index (χ2v) is 12.9. The number of nitrogens with zero attached hydrogens (tertiary/aromatic N) is 3. The molecule has 5 nitrogen and oxygen atoms in total. The van der Waals surface area contributed by atoms with E-state index in [1.54, 1.807) is 11.5 Å². The molecule has 2 bridgehead atoms. The predicted octanol–water partition coefficient (Wildman–Crippen LogP) is 5.05. The molecule has 1 unspecified atom stereocenters. The van der Waals surface area contributed by atoms with E-state index in [1.165, 1.54) is 48.6 Å². The minimum absolute atomic E-state index is 0.100. The van der Waals surface area contributed by atoms with E-state index in [2.05, 4.69) is 34.1 Å². The highest BCUT2D eigenvalue weighted by molar-refractivity contribution is 7.13. The van der Waals surface area contributed by atoms with Crippen LogP contribution in [0.4, 0.5) is 5.82 Å². The summed E-state index contributed by atoms with van der Waals surface area (Å²) in [4.78, 5) is 31.8. The second-order valence-electron chi connectivity index (χ2n) is 12.1. The van der Waals surface area contributed by atoms with Crippen LogP contribution in [0.15, 0.2) is 24.3 Å². The van der Waals surface area contributed by atoms with E-state index in [1.807, 2.05) is 0 Å². The zero-order valence-electron chi connectivity index (χ0n) is 20.6. The molecule has 1 saturated heterocycles. The van der Waals surface area contributed by atoms with Crippen LogP contribution < -0.4 is 4.90 Å². The molecule has 7 atom stereocenters. The largest absolute Gasteiger partial charge is 0.353 e. The normalized spacial score (nSPS) is 37.5. The zero-order chi connectivity index (χ0) is 23.5. The molecule has 0 radical (unpaired) electrons. The van der Waals surface area contributed by atoms with E-state index in [4.69, 9.17) is 4.37 Å². The molecule has 1 aliphatic heterocycles. The van der Waals surface area contributed by atoms with Crippen molar-refractivity contribution in [2.75, 3.05) is 37.6 Å². The third kappa shape index (κ3) is 3.78. The van der Waals surface area contributed by atoms with Gasteiger partial charge in [0, 0.05) is 49.9 Å². The number of carbonyl (C=O) groups excluding carboxylic acids is 2. The van der Waals surface area contributed by atoms with Gasteiger partial charge < -0.3 is 4.90 Å². The molecule has 5 aliphatic rings. The van der Waals surface area contributed by atoms with Crippen molar-refractivity contribution >= 4 is 39.0 Å². The van der Waals surface area contributed by atoms with E-state index in [0.717, 1.165) is 51.4 Å². The van der Waals surface area contributed by atoms with Crippen LogP contribution >= 0.6 is 11.5 Å². The molecule has 2 heterocycles. The van der Waals surface area contributed by atoms with Gasteiger partial charge in [-0.25, -0.2) is 0 Å². The summed E-state index contributed by atoms with van der Waals surface area (Å²) in [7, 11) is 0. The molecule has 2 aromatic rings. The van der Waals surface area contributed by atoms with Gasteiger partial charge in [-0.05, 0) is 79.4 Å². The molecule has 0 spiro atoms. The summed E-state index contributed by atoms with van der Waals surface area (Å²) in [6, 6.07) is 8.55. The van der Waals surface area contributed by atoms with Crippen LogP contribution in [-0.4, -0.2) is 53.6 Å². The molecule has 5 fully saturated rings. The van der Waals surface area contributed by atoms with Gasteiger partial charge in [-0.15, -0.1) is 0 Å². The summed E-state index contributed by atoms with van der Waals surface area (Å²) in [6.07, 6.45) is 9.39. The molecule has 1 aromatic carbocycles. The highest BCUT2D eigenvalue weighted by atomic mass is 32.1. The van der Waals surface area contributed by atoms with Crippen LogP contribution in [0.25, 0.3) is 10.1 Å². The maximum absolute atomic E-state index is 13.4. The first-order chi connectivity index (χ1) is 17.2. The maximum Gasteiger partial charge on any atom is 0.150 e. The smallest absolute Gasteiger partial charge is 0.150 e. The molecule has 4 aliphatic carbocycles. The lowest BCUT2D eigenvalue weighted by molar-refractivity contribution is -0.130. The summed E-state index contributed by atoms with van der Waals surface area (Å²) in [5, 5.41) is 1.28. The number of piperazine rings is 1. The number of rotatable bonds is 5. The van der Waals surface area contributed by atoms with Gasteiger partial charge in [0.1, 0.15) is 17.4 Å². The van der Waals surface area contributed by atoms with Gasteiger partial charge in [0.2, 0.25) is 0 Å². The van der Waals surface area contributed by atoms with Crippen LogP contribution in [0.3, 0.4) is 0 Å². The SMILES string of the molecule is O=C1C(C[C@@H]2CCCC[C@H]2CN2CCN(c3nsc4ccccc34)CC2)C(=O)[C@H]2[C@@H]3CC[C@@H](C3)[C@@H]12. The van der Waals surface area contributed by atoms with Crippen molar-refractivity contribution in [3.05, 3.63) is 24.3 Å². The number of hydrogen-bond donors (Lipinski definition) is 0. The fourth-order valence-corrected chi connectivity index (χ4v) is 9.46. The van der Waals surface area contributed by atoms with E-state index in [9.17, 15) is 9.59 Å². The van der Waals surface area contributed by atoms with Crippen molar-refractivity contribution < 1.29 is 9.59 Å². The van der Waals surface area contributed by atoms with E-state index in [0.29, 0.717) is 35.2 Å². The Morgan fingerprint density at radius 1 is 0.857 bits per heavy atom. The number of anilines is 1. The summed E-state index contributed by atoms with van der Waals surface area (Å²) in [5.74, 6) is 4.01. The molecule has 1 aromatic heterocycles. The van der Waals surface area contributed by atoms with Gasteiger partial charge in [-0.1, -0.05) is 31.4 Å². The Morgan fingerprint density at radius 3 is 2.29 bits per heavy atom. The quantitative estimate of drug-likeness (QED) is 0.548. The number of aromatic nitrogens is 1. The average Bonchev–Trinajstić information content (AvgIpc) is 3.66. The minimum Gasteiger partial charge on any atom is -0.353 e. The maximum atomic E-state index is 13.4. The van der Waals surface area contributed by atoms with Crippen LogP contribution in [0.1, 0.15) is 51.4 Å². The van der Waals surface area contributed by atoms with Gasteiger partial charge >= 0.3 is 0 Å². The molecule has 186 valence electrons.